The maximum Gasteiger partial charge on any atom is 0.313 e. The summed E-state index contributed by atoms with van der Waals surface area (Å²) < 4.78 is 4.94. The zero-order chi connectivity index (χ0) is 17.8. The van der Waals surface area contributed by atoms with E-state index in [1.807, 2.05) is 67.6 Å². The van der Waals surface area contributed by atoms with Gasteiger partial charge in [0.1, 0.15) is 0 Å². The van der Waals surface area contributed by atoms with Gasteiger partial charge in [0.2, 0.25) is 0 Å². The van der Waals surface area contributed by atoms with E-state index in [9.17, 15) is 9.59 Å². The maximum atomic E-state index is 12.8. The van der Waals surface area contributed by atoms with Gasteiger partial charge in [0.05, 0.1) is 13.0 Å². The number of amides is 1. The van der Waals surface area contributed by atoms with Gasteiger partial charge in [0.25, 0.3) is 5.91 Å². The van der Waals surface area contributed by atoms with Crippen molar-refractivity contribution in [1.29, 1.82) is 0 Å². The Balaban J connectivity index is 1.92. The van der Waals surface area contributed by atoms with E-state index in [0.717, 1.165) is 16.8 Å². The average Bonchev–Trinajstić information content (AvgIpc) is 2.65. The van der Waals surface area contributed by atoms with Gasteiger partial charge in [-0.25, -0.2) is 0 Å². The quantitative estimate of drug-likeness (QED) is 0.633. The van der Waals surface area contributed by atoms with Crippen molar-refractivity contribution in [2.24, 2.45) is 0 Å². The molecule has 3 rings (SSSR count). The number of ether oxygens (including phenoxy) is 1. The predicted molar refractivity (Wildman–Crippen MR) is 98.2 cm³/mol. The highest BCUT2D eigenvalue weighted by Crippen LogP contribution is 2.39. The summed E-state index contributed by atoms with van der Waals surface area (Å²) in [5.41, 5.74) is 2.59. The monoisotopic (exact) mass is 335 g/mol. The lowest BCUT2D eigenvalue weighted by Gasteiger charge is -2.37. The van der Waals surface area contributed by atoms with Gasteiger partial charge in [-0.15, -0.1) is 0 Å². The van der Waals surface area contributed by atoms with Crippen molar-refractivity contribution in [1.82, 2.24) is 0 Å². The molecular formula is C21H21NO3. The molecule has 4 nitrogen and oxygen atoms in total. The number of methoxy groups -OCH3 is 1. The Kier molecular flexibility index (Phi) is 4.98. The van der Waals surface area contributed by atoms with E-state index in [4.69, 9.17) is 4.74 Å². The van der Waals surface area contributed by atoms with Crippen LogP contribution in [0.3, 0.4) is 0 Å². The first-order valence-corrected chi connectivity index (χ1v) is 8.35. The normalized spacial score (nSPS) is 19.5. The number of hydrogen-bond acceptors (Lipinski definition) is 3. The first-order chi connectivity index (χ1) is 12.1. The number of carbonyl (C=O) groups excluding carboxylic acids is 2. The minimum Gasteiger partial charge on any atom is -0.469 e. The third-order valence-electron chi connectivity index (χ3n) is 4.53. The standard InChI is InChI=1S/C21H21NO3/c1-15-14-18(21(24)25-2)17-10-6-7-11-19(17)22(15)20(23)13-12-16-8-4-3-5-9-16/h3-13,15,18H,14H2,1-2H3/b13-12+. The van der Waals surface area contributed by atoms with E-state index in [-0.39, 0.29) is 23.8 Å². The number of hydrogen-bond donors (Lipinski definition) is 0. The van der Waals surface area contributed by atoms with Crippen molar-refractivity contribution in [3.63, 3.8) is 0 Å². The average molecular weight is 335 g/mol. The second kappa shape index (κ2) is 7.34. The largest absolute Gasteiger partial charge is 0.469 e. The second-order valence-corrected chi connectivity index (χ2v) is 6.17. The van der Waals surface area contributed by atoms with Crippen molar-refractivity contribution in [3.05, 3.63) is 71.8 Å². The van der Waals surface area contributed by atoms with E-state index < -0.39 is 0 Å². The van der Waals surface area contributed by atoms with Crippen LogP contribution in [0.1, 0.15) is 30.4 Å². The fourth-order valence-electron chi connectivity index (χ4n) is 3.33. The van der Waals surface area contributed by atoms with Crippen LogP contribution < -0.4 is 4.90 Å². The number of carbonyl (C=O) groups is 2. The van der Waals surface area contributed by atoms with E-state index >= 15 is 0 Å². The molecule has 1 aliphatic rings. The summed E-state index contributed by atoms with van der Waals surface area (Å²) >= 11 is 0. The molecule has 0 fully saturated rings. The van der Waals surface area contributed by atoms with Crippen LogP contribution in [-0.4, -0.2) is 25.0 Å². The molecule has 25 heavy (non-hydrogen) atoms. The molecule has 1 heterocycles. The molecule has 0 aromatic heterocycles. The summed E-state index contributed by atoms with van der Waals surface area (Å²) in [5.74, 6) is -0.684. The van der Waals surface area contributed by atoms with Gasteiger partial charge < -0.3 is 9.64 Å². The van der Waals surface area contributed by atoms with Crippen LogP contribution in [-0.2, 0) is 14.3 Å². The van der Waals surface area contributed by atoms with Gasteiger partial charge in [0, 0.05) is 17.8 Å². The van der Waals surface area contributed by atoms with Gasteiger partial charge in [0.15, 0.2) is 0 Å². The van der Waals surface area contributed by atoms with Crippen LogP contribution in [0.4, 0.5) is 5.69 Å². The second-order valence-electron chi connectivity index (χ2n) is 6.17. The molecule has 1 aliphatic heterocycles. The number of anilines is 1. The third kappa shape index (κ3) is 3.48. The van der Waals surface area contributed by atoms with Crippen LogP contribution in [0.2, 0.25) is 0 Å². The van der Waals surface area contributed by atoms with Crippen molar-refractivity contribution in [2.75, 3.05) is 12.0 Å². The van der Waals surface area contributed by atoms with Crippen molar-refractivity contribution < 1.29 is 14.3 Å². The summed E-state index contributed by atoms with van der Waals surface area (Å²) in [6.07, 6.45) is 3.94. The lowest BCUT2D eigenvalue weighted by Crippen LogP contribution is -2.43. The first-order valence-electron chi connectivity index (χ1n) is 8.35. The van der Waals surface area contributed by atoms with Crippen LogP contribution in [0, 0.1) is 0 Å². The van der Waals surface area contributed by atoms with Gasteiger partial charge in [-0.1, -0.05) is 48.5 Å². The minimum absolute atomic E-state index is 0.0906. The van der Waals surface area contributed by atoms with E-state index in [1.165, 1.54) is 7.11 Å². The zero-order valence-corrected chi connectivity index (χ0v) is 14.4. The molecule has 2 unspecified atom stereocenters. The predicted octanol–water partition coefficient (Wildman–Crippen LogP) is 3.78. The minimum atomic E-state index is -0.335. The molecule has 0 saturated heterocycles. The Hall–Kier alpha value is -2.88. The van der Waals surface area contributed by atoms with Crippen molar-refractivity contribution in [3.8, 4) is 0 Å². The van der Waals surface area contributed by atoms with Gasteiger partial charge >= 0.3 is 5.97 Å². The van der Waals surface area contributed by atoms with Crippen LogP contribution >= 0.6 is 0 Å². The van der Waals surface area contributed by atoms with Gasteiger partial charge in [-0.3, -0.25) is 9.59 Å². The third-order valence-corrected chi connectivity index (χ3v) is 4.53. The Bertz CT molecular complexity index is 798. The zero-order valence-electron chi connectivity index (χ0n) is 14.4. The number of rotatable bonds is 3. The number of para-hydroxylation sites is 1. The smallest absolute Gasteiger partial charge is 0.313 e. The Labute approximate surface area is 147 Å². The van der Waals surface area contributed by atoms with E-state index in [2.05, 4.69) is 0 Å². The van der Waals surface area contributed by atoms with Crippen LogP contribution in [0.15, 0.2) is 60.7 Å². The molecular weight excluding hydrogens is 314 g/mol. The Morgan fingerprint density at radius 2 is 1.76 bits per heavy atom. The highest BCUT2D eigenvalue weighted by atomic mass is 16.5. The van der Waals surface area contributed by atoms with Crippen LogP contribution in [0.5, 0.6) is 0 Å². The number of esters is 1. The summed E-state index contributed by atoms with van der Waals surface area (Å²) in [7, 11) is 1.40. The van der Waals surface area contributed by atoms with E-state index in [0.29, 0.717) is 6.42 Å². The molecule has 128 valence electrons. The van der Waals surface area contributed by atoms with Gasteiger partial charge in [-0.05, 0) is 36.6 Å². The van der Waals surface area contributed by atoms with Crippen molar-refractivity contribution >= 4 is 23.6 Å². The summed E-state index contributed by atoms with van der Waals surface area (Å²) in [6.45, 7) is 1.96. The Morgan fingerprint density at radius 3 is 2.48 bits per heavy atom. The molecule has 2 atom stereocenters. The molecule has 0 radical (unpaired) electrons. The molecule has 0 spiro atoms. The lowest BCUT2D eigenvalue weighted by molar-refractivity contribution is -0.143. The molecule has 0 aliphatic carbocycles. The number of benzene rings is 2. The molecule has 0 saturated carbocycles. The molecule has 1 amide bonds. The highest BCUT2D eigenvalue weighted by Gasteiger charge is 2.36. The maximum absolute atomic E-state index is 12.8. The van der Waals surface area contributed by atoms with Crippen LogP contribution in [0.25, 0.3) is 6.08 Å². The molecule has 0 N–H and O–H groups in total. The first kappa shape index (κ1) is 17.0. The fourth-order valence-corrected chi connectivity index (χ4v) is 3.33. The summed E-state index contributed by atoms with van der Waals surface area (Å²) in [4.78, 5) is 26.7. The fraction of sp³-hybridized carbons (Fsp3) is 0.238. The number of fused-ring (bicyclic) bond motifs is 1. The molecule has 0 bridgehead atoms. The van der Waals surface area contributed by atoms with Crippen molar-refractivity contribution in [2.45, 2.75) is 25.3 Å². The lowest BCUT2D eigenvalue weighted by atomic mass is 9.86. The van der Waals surface area contributed by atoms with Gasteiger partial charge in [-0.2, -0.15) is 0 Å². The summed E-state index contributed by atoms with van der Waals surface area (Å²) in [6, 6.07) is 17.2. The molecule has 2 aromatic carbocycles. The highest BCUT2D eigenvalue weighted by molar-refractivity contribution is 6.05. The van der Waals surface area contributed by atoms with E-state index in [1.54, 1.807) is 11.0 Å². The number of nitrogens with zero attached hydrogens (tertiary/aromatic N) is 1. The summed E-state index contributed by atoms with van der Waals surface area (Å²) in [5, 5.41) is 0. The molecule has 2 aromatic rings. The SMILES string of the molecule is COC(=O)C1CC(C)N(C(=O)/C=C/c2ccccc2)c2ccccc21. The topological polar surface area (TPSA) is 46.6 Å². The Morgan fingerprint density at radius 1 is 1.08 bits per heavy atom. The molecule has 4 heteroatoms.